The predicted octanol–water partition coefficient (Wildman–Crippen LogP) is 15.4. The molecule has 12 rings (SSSR count). The second-order valence-electron chi connectivity index (χ2n) is 16.6. The van der Waals surface area contributed by atoms with Gasteiger partial charge in [-0.25, -0.2) is 0 Å². The zero-order valence-corrected chi connectivity index (χ0v) is 35.4. The van der Waals surface area contributed by atoms with Crippen molar-refractivity contribution in [3.8, 4) is 62.0 Å². The third kappa shape index (κ3) is 6.33. The summed E-state index contributed by atoms with van der Waals surface area (Å²) >= 11 is 0. The van der Waals surface area contributed by atoms with Gasteiger partial charge in [0, 0.05) is 33.9 Å². The van der Waals surface area contributed by atoms with Gasteiger partial charge in [0.25, 0.3) is 0 Å². The molecule has 4 heteroatoms. The first-order chi connectivity index (χ1) is 32.2. The van der Waals surface area contributed by atoms with E-state index in [9.17, 15) is 5.26 Å². The minimum atomic E-state index is 0.582. The van der Waals surface area contributed by atoms with Gasteiger partial charge in [0.1, 0.15) is 11.6 Å². The van der Waals surface area contributed by atoms with E-state index >= 15 is 0 Å². The summed E-state index contributed by atoms with van der Waals surface area (Å²) in [5.41, 5.74) is 17.9. The Morgan fingerprint density at radius 2 is 0.862 bits per heavy atom. The van der Waals surface area contributed by atoms with Gasteiger partial charge >= 0.3 is 0 Å². The van der Waals surface area contributed by atoms with Crippen molar-refractivity contribution in [1.82, 2.24) is 14.1 Å². The van der Waals surface area contributed by atoms with Gasteiger partial charge in [-0.2, -0.15) is 5.26 Å². The fourth-order valence-electron chi connectivity index (χ4n) is 10.1. The maximum Gasteiger partial charge on any atom is 0.104 e. The molecule has 3 heterocycles. The third-order valence-electron chi connectivity index (χ3n) is 12.9. The number of hydrogen-bond acceptors (Lipinski definition) is 2. The predicted molar refractivity (Wildman–Crippen MR) is 269 cm³/mol. The molecule has 0 fully saturated rings. The minimum Gasteiger partial charge on any atom is -0.308 e. The standard InChI is InChI=1S/C61H40N4/c62-40-53-58(64-54-29-13-11-25-51(54)60-49(27-15-31-56(60)64)47-23-8-7-21-44(47)37-41-17-3-1-4-18-41)38-45(42-33-35-63-36-34-42)39-59(53)65-55-30-14-12-26-52(55)61-50(28-16-32-57(61)65)48-24-10-9-22-46(48)43-19-5-2-6-20-43/h1-36,38-39H,37H2. The molecule has 0 N–H and O–H groups in total. The normalized spacial score (nSPS) is 11.4. The number of benzene rings is 9. The van der Waals surface area contributed by atoms with Gasteiger partial charge in [0.05, 0.1) is 33.4 Å². The van der Waals surface area contributed by atoms with Crippen LogP contribution in [0.3, 0.4) is 0 Å². The molecule has 12 aromatic rings. The van der Waals surface area contributed by atoms with E-state index in [1.54, 1.807) is 0 Å². The van der Waals surface area contributed by atoms with Gasteiger partial charge in [-0.05, 0) is 111 Å². The minimum absolute atomic E-state index is 0.582. The van der Waals surface area contributed by atoms with Crippen molar-refractivity contribution in [3.63, 3.8) is 0 Å². The lowest BCUT2D eigenvalue weighted by Crippen LogP contribution is -2.05. The lowest BCUT2D eigenvalue weighted by Gasteiger charge is -2.19. The third-order valence-corrected chi connectivity index (χ3v) is 12.9. The first-order valence-electron chi connectivity index (χ1n) is 22.1. The molecule has 9 aromatic carbocycles. The van der Waals surface area contributed by atoms with E-state index in [1.807, 2.05) is 24.5 Å². The van der Waals surface area contributed by atoms with Crippen molar-refractivity contribution in [1.29, 1.82) is 5.26 Å². The van der Waals surface area contributed by atoms with Gasteiger partial charge in [0.15, 0.2) is 0 Å². The highest BCUT2D eigenvalue weighted by molar-refractivity contribution is 6.18. The van der Waals surface area contributed by atoms with Crippen molar-refractivity contribution < 1.29 is 0 Å². The van der Waals surface area contributed by atoms with Crippen molar-refractivity contribution >= 4 is 43.6 Å². The van der Waals surface area contributed by atoms with Crippen LogP contribution in [0.15, 0.2) is 231 Å². The van der Waals surface area contributed by atoms with Gasteiger partial charge in [-0.1, -0.05) is 170 Å². The topological polar surface area (TPSA) is 46.5 Å². The molecule has 0 unspecified atom stereocenters. The molecule has 3 aromatic heterocycles. The van der Waals surface area contributed by atoms with Crippen LogP contribution >= 0.6 is 0 Å². The van der Waals surface area contributed by atoms with Crippen LogP contribution < -0.4 is 0 Å². The number of nitriles is 1. The Hall–Kier alpha value is -8.78. The van der Waals surface area contributed by atoms with E-state index in [0.29, 0.717) is 5.56 Å². The van der Waals surface area contributed by atoms with E-state index in [1.165, 1.54) is 33.4 Å². The average Bonchev–Trinajstić information content (AvgIpc) is 3.90. The first-order valence-corrected chi connectivity index (χ1v) is 22.1. The zero-order chi connectivity index (χ0) is 43.3. The number of pyridine rings is 1. The van der Waals surface area contributed by atoms with Crippen LogP contribution in [0.4, 0.5) is 0 Å². The van der Waals surface area contributed by atoms with Gasteiger partial charge < -0.3 is 9.13 Å². The van der Waals surface area contributed by atoms with Crippen LogP contribution in [-0.4, -0.2) is 14.1 Å². The maximum absolute atomic E-state index is 11.7. The molecule has 304 valence electrons. The Labute approximate surface area is 377 Å². The van der Waals surface area contributed by atoms with Crippen molar-refractivity contribution in [2.45, 2.75) is 6.42 Å². The Morgan fingerprint density at radius 3 is 1.48 bits per heavy atom. The number of fused-ring (bicyclic) bond motifs is 6. The molecule has 0 aliphatic carbocycles. The smallest absolute Gasteiger partial charge is 0.104 e. The molecule has 0 saturated carbocycles. The van der Waals surface area contributed by atoms with E-state index in [-0.39, 0.29) is 0 Å². The van der Waals surface area contributed by atoms with E-state index in [2.05, 4.69) is 226 Å². The Bertz CT molecular complexity index is 3800. The Balaban J connectivity index is 1.15. The maximum atomic E-state index is 11.7. The fraction of sp³-hybridized carbons (Fsp3) is 0.0164. The summed E-state index contributed by atoms with van der Waals surface area (Å²) in [7, 11) is 0. The van der Waals surface area contributed by atoms with Crippen molar-refractivity contribution in [3.05, 3.63) is 247 Å². The van der Waals surface area contributed by atoms with Crippen molar-refractivity contribution in [2.24, 2.45) is 0 Å². The first kappa shape index (κ1) is 37.9. The molecule has 0 radical (unpaired) electrons. The number of hydrogen-bond donors (Lipinski definition) is 0. The lowest BCUT2D eigenvalue weighted by molar-refractivity contribution is 1.12. The molecule has 0 amide bonds. The van der Waals surface area contributed by atoms with Crippen LogP contribution in [0, 0.1) is 11.3 Å². The van der Waals surface area contributed by atoms with Crippen LogP contribution in [0.5, 0.6) is 0 Å². The SMILES string of the molecule is N#Cc1c(-n2c3ccccc3c3c(-c4ccccc4Cc4ccccc4)cccc32)cc(-c2ccncc2)cc1-n1c2ccccc2c2c(-c3ccccc3-c3ccccc3)cccc21. The largest absolute Gasteiger partial charge is 0.308 e. The molecular formula is C61H40N4. The molecule has 0 spiro atoms. The highest BCUT2D eigenvalue weighted by Gasteiger charge is 2.25. The summed E-state index contributed by atoms with van der Waals surface area (Å²) in [5.74, 6) is 0. The number of aromatic nitrogens is 3. The molecule has 0 atom stereocenters. The van der Waals surface area contributed by atoms with Crippen LogP contribution in [0.1, 0.15) is 16.7 Å². The molecule has 0 saturated heterocycles. The van der Waals surface area contributed by atoms with Gasteiger partial charge in [0.2, 0.25) is 0 Å². The molecular weight excluding hydrogens is 789 g/mol. The highest BCUT2D eigenvalue weighted by Crippen LogP contribution is 2.45. The molecule has 0 bridgehead atoms. The number of rotatable bonds is 8. The summed E-state index contributed by atoms with van der Waals surface area (Å²) in [6.07, 6.45) is 4.49. The zero-order valence-electron chi connectivity index (χ0n) is 35.4. The molecule has 65 heavy (non-hydrogen) atoms. The second-order valence-corrected chi connectivity index (χ2v) is 16.6. The quantitative estimate of drug-likeness (QED) is 0.153. The van der Waals surface area contributed by atoms with E-state index < -0.39 is 0 Å². The van der Waals surface area contributed by atoms with Crippen molar-refractivity contribution in [2.75, 3.05) is 0 Å². The fourth-order valence-corrected chi connectivity index (χ4v) is 10.1. The average molecular weight is 829 g/mol. The summed E-state index contributed by atoms with van der Waals surface area (Å²) in [5, 5.41) is 16.2. The summed E-state index contributed by atoms with van der Waals surface area (Å²) < 4.78 is 4.63. The van der Waals surface area contributed by atoms with Gasteiger partial charge in [-0.3, -0.25) is 4.98 Å². The molecule has 0 aliphatic rings. The molecule has 0 aliphatic heterocycles. The highest BCUT2D eigenvalue weighted by atomic mass is 15.0. The monoisotopic (exact) mass is 828 g/mol. The number of para-hydroxylation sites is 2. The summed E-state index contributed by atoms with van der Waals surface area (Å²) in [6, 6.07) is 80.4. The Morgan fingerprint density at radius 1 is 0.385 bits per heavy atom. The summed E-state index contributed by atoms with van der Waals surface area (Å²) in [4.78, 5) is 4.39. The lowest BCUT2D eigenvalue weighted by atomic mass is 9.92. The van der Waals surface area contributed by atoms with E-state index in [0.717, 1.165) is 83.7 Å². The second kappa shape index (κ2) is 15.8. The number of nitrogens with zero attached hydrogens (tertiary/aromatic N) is 4. The Kier molecular flexibility index (Phi) is 9.25. The summed E-state index contributed by atoms with van der Waals surface area (Å²) in [6.45, 7) is 0. The van der Waals surface area contributed by atoms with Crippen LogP contribution in [0.25, 0.3) is 99.5 Å². The molecule has 4 nitrogen and oxygen atoms in total. The van der Waals surface area contributed by atoms with Gasteiger partial charge in [-0.15, -0.1) is 0 Å². The van der Waals surface area contributed by atoms with Crippen LogP contribution in [-0.2, 0) is 6.42 Å². The van der Waals surface area contributed by atoms with E-state index in [4.69, 9.17) is 0 Å². The van der Waals surface area contributed by atoms with Crippen LogP contribution in [0.2, 0.25) is 0 Å².